The van der Waals surface area contributed by atoms with Gasteiger partial charge in [0.1, 0.15) is 0 Å². The van der Waals surface area contributed by atoms with Gasteiger partial charge in [0.05, 0.1) is 22.2 Å². The highest BCUT2D eigenvalue weighted by Crippen LogP contribution is 2.19. The van der Waals surface area contributed by atoms with E-state index >= 15 is 0 Å². The number of hydrogen-bond donors (Lipinski definition) is 2. The molecule has 7 heteroatoms. The minimum absolute atomic E-state index is 0.0703. The van der Waals surface area contributed by atoms with E-state index in [4.69, 9.17) is 5.11 Å². The first kappa shape index (κ1) is 13.4. The summed E-state index contributed by atoms with van der Waals surface area (Å²) in [7, 11) is -3.58. The minimum Gasteiger partial charge on any atom is -0.478 e. The highest BCUT2D eigenvalue weighted by Gasteiger charge is 2.29. The molecular formula is C10H14N2O4S. The van der Waals surface area contributed by atoms with Crippen LogP contribution in [0.5, 0.6) is 0 Å². The lowest BCUT2D eigenvalue weighted by Gasteiger charge is -2.20. The zero-order chi connectivity index (χ0) is 13.3. The first-order valence-corrected chi connectivity index (χ1v) is 6.32. The number of nitrogens with zero attached hydrogens (tertiary/aromatic N) is 1. The third-order valence-corrected chi connectivity index (χ3v) is 4.16. The Morgan fingerprint density at radius 1 is 1.35 bits per heavy atom. The predicted molar refractivity (Wildman–Crippen MR) is 63.5 cm³/mol. The van der Waals surface area contributed by atoms with Gasteiger partial charge in [-0.1, -0.05) is 0 Å². The maximum Gasteiger partial charge on any atom is 0.337 e. The summed E-state index contributed by atoms with van der Waals surface area (Å²) < 4.78 is 25.0. The third kappa shape index (κ3) is 3.16. The Bertz CT molecular complexity index is 531. The van der Waals surface area contributed by atoms with Gasteiger partial charge in [-0.15, -0.1) is 0 Å². The van der Waals surface area contributed by atoms with Gasteiger partial charge in [0, 0.05) is 6.20 Å². The van der Waals surface area contributed by atoms with Crippen molar-refractivity contribution in [2.24, 2.45) is 0 Å². The molecule has 0 atom stereocenters. The van der Waals surface area contributed by atoms with Crippen molar-refractivity contribution in [1.82, 2.24) is 4.98 Å². The molecule has 94 valence electrons. The van der Waals surface area contributed by atoms with Crippen molar-refractivity contribution in [1.29, 1.82) is 0 Å². The summed E-state index contributed by atoms with van der Waals surface area (Å²) in [5, 5.41) is 8.75. The quantitative estimate of drug-likeness (QED) is 0.852. The van der Waals surface area contributed by atoms with Gasteiger partial charge >= 0.3 is 5.97 Å². The average Bonchev–Trinajstić information content (AvgIpc) is 2.15. The van der Waals surface area contributed by atoms with Gasteiger partial charge in [0.2, 0.25) is 10.0 Å². The normalized spacial score (nSPS) is 12.2. The van der Waals surface area contributed by atoms with Crippen LogP contribution >= 0.6 is 0 Å². The minimum atomic E-state index is -3.58. The maximum atomic E-state index is 11.8. The van der Waals surface area contributed by atoms with Crippen molar-refractivity contribution in [3.8, 4) is 0 Å². The van der Waals surface area contributed by atoms with Gasteiger partial charge < -0.3 is 5.11 Å². The first-order chi connectivity index (χ1) is 7.63. The molecular weight excluding hydrogens is 244 g/mol. The fourth-order valence-electron chi connectivity index (χ4n) is 0.921. The first-order valence-electron chi connectivity index (χ1n) is 4.84. The highest BCUT2D eigenvalue weighted by molar-refractivity contribution is 7.94. The van der Waals surface area contributed by atoms with E-state index < -0.39 is 20.7 Å². The van der Waals surface area contributed by atoms with Crippen molar-refractivity contribution < 1.29 is 18.3 Å². The Morgan fingerprint density at radius 3 is 2.41 bits per heavy atom. The van der Waals surface area contributed by atoms with Crippen LogP contribution in [0.25, 0.3) is 0 Å². The van der Waals surface area contributed by atoms with Gasteiger partial charge in [-0.2, -0.15) is 0 Å². The van der Waals surface area contributed by atoms with Crippen LogP contribution in [0.2, 0.25) is 0 Å². The fourth-order valence-corrected chi connectivity index (χ4v) is 1.65. The fraction of sp³-hybridized carbons (Fsp3) is 0.400. The number of nitrogens with one attached hydrogen (secondary N) is 1. The van der Waals surface area contributed by atoms with E-state index in [-0.39, 0.29) is 11.3 Å². The number of rotatable bonds is 3. The Morgan fingerprint density at radius 2 is 1.94 bits per heavy atom. The Kier molecular flexibility index (Phi) is 3.42. The lowest BCUT2D eigenvalue weighted by molar-refractivity contribution is 0.0696. The van der Waals surface area contributed by atoms with E-state index in [0.29, 0.717) is 0 Å². The summed E-state index contributed by atoms with van der Waals surface area (Å²) in [6, 6.07) is 1.22. The smallest absolute Gasteiger partial charge is 0.337 e. The van der Waals surface area contributed by atoms with Crippen LogP contribution in [0.1, 0.15) is 31.1 Å². The van der Waals surface area contributed by atoms with Crippen molar-refractivity contribution in [2.45, 2.75) is 25.5 Å². The summed E-state index contributed by atoms with van der Waals surface area (Å²) in [6.45, 7) is 4.64. The van der Waals surface area contributed by atoms with Crippen LogP contribution in [0.4, 0.5) is 5.69 Å². The van der Waals surface area contributed by atoms with E-state index in [1.54, 1.807) is 20.8 Å². The molecule has 17 heavy (non-hydrogen) atoms. The number of anilines is 1. The van der Waals surface area contributed by atoms with Crippen molar-refractivity contribution >= 4 is 21.7 Å². The van der Waals surface area contributed by atoms with Crippen molar-refractivity contribution in [3.05, 3.63) is 24.0 Å². The molecule has 0 aliphatic carbocycles. The van der Waals surface area contributed by atoms with Crippen LogP contribution in [-0.2, 0) is 10.0 Å². The molecule has 0 aliphatic rings. The van der Waals surface area contributed by atoms with E-state index in [0.717, 1.165) is 6.20 Å². The van der Waals surface area contributed by atoms with Gasteiger partial charge in [-0.25, -0.2) is 13.2 Å². The van der Waals surface area contributed by atoms with Gasteiger partial charge in [-0.3, -0.25) is 9.71 Å². The SMILES string of the molecule is CC(C)(C)S(=O)(=O)Nc1cncc(C(=O)O)c1. The standard InChI is InChI=1S/C10H14N2O4S/c1-10(2,3)17(15,16)12-8-4-7(9(13)14)5-11-6-8/h4-6,12H,1-3H3,(H,13,14). The van der Waals surface area contributed by atoms with E-state index in [1.807, 2.05) is 0 Å². The summed E-state index contributed by atoms with van der Waals surface area (Å²) in [4.78, 5) is 14.4. The highest BCUT2D eigenvalue weighted by atomic mass is 32.2. The Hall–Kier alpha value is -1.63. The summed E-state index contributed by atoms with van der Waals surface area (Å²) in [6.07, 6.45) is 2.41. The number of sulfonamides is 1. The zero-order valence-electron chi connectivity index (χ0n) is 9.76. The molecule has 0 bridgehead atoms. The predicted octanol–water partition coefficient (Wildman–Crippen LogP) is 1.32. The Balaban J connectivity index is 3.05. The molecule has 6 nitrogen and oxygen atoms in total. The number of pyridine rings is 1. The number of aromatic carboxylic acids is 1. The second-order valence-electron chi connectivity index (χ2n) is 4.49. The molecule has 1 heterocycles. The van der Waals surface area contributed by atoms with Crippen LogP contribution in [-0.4, -0.2) is 29.2 Å². The van der Waals surface area contributed by atoms with Crippen LogP contribution in [0.15, 0.2) is 18.5 Å². The van der Waals surface area contributed by atoms with Crippen LogP contribution < -0.4 is 4.72 Å². The van der Waals surface area contributed by atoms with E-state index in [9.17, 15) is 13.2 Å². The molecule has 0 saturated carbocycles. The molecule has 1 aromatic heterocycles. The molecule has 0 radical (unpaired) electrons. The van der Waals surface area contributed by atoms with E-state index in [2.05, 4.69) is 9.71 Å². The number of aromatic nitrogens is 1. The second-order valence-corrected chi connectivity index (χ2v) is 6.92. The average molecular weight is 258 g/mol. The van der Waals surface area contributed by atoms with Gasteiger partial charge in [0.15, 0.2) is 0 Å². The molecule has 1 aromatic rings. The monoisotopic (exact) mass is 258 g/mol. The number of carboxylic acids is 1. The third-order valence-electron chi connectivity index (χ3n) is 2.04. The largest absolute Gasteiger partial charge is 0.478 e. The van der Waals surface area contributed by atoms with Gasteiger partial charge in [-0.05, 0) is 26.8 Å². The molecule has 2 N–H and O–H groups in total. The molecule has 0 aliphatic heterocycles. The van der Waals surface area contributed by atoms with Crippen molar-refractivity contribution in [2.75, 3.05) is 4.72 Å². The number of carboxylic acid groups (broad SMARTS) is 1. The number of hydrogen-bond acceptors (Lipinski definition) is 4. The number of carbonyl (C=O) groups is 1. The molecule has 0 saturated heterocycles. The Labute approximate surface area is 99.7 Å². The maximum absolute atomic E-state index is 11.8. The molecule has 1 rings (SSSR count). The molecule has 0 aromatic carbocycles. The molecule has 0 fully saturated rings. The van der Waals surface area contributed by atoms with E-state index in [1.165, 1.54) is 12.3 Å². The van der Waals surface area contributed by atoms with Crippen LogP contribution in [0.3, 0.4) is 0 Å². The molecule has 0 unspecified atom stereocenters. The summed E-state index contributed by atoms with van der Waals surface area (Å²) in [5.74, 6) is -1.16. The van der Waals surface area contributed by atoms with Crippen LogP contribution in [0, 0.1) is 0 Å². The summed E-state index contributed by atoms with van der Waals surface area (Å²) in [5.41, 5.74) is 0.0685. The van der Waals surface area contributed by atoms with Crippen molar-refractivity contribution in [3.63, 3.8) is 0 Å². The molecule has 0 spiro atoms. The zero-order valence-corrected chi connectivity index (χ0v) is 10.6. The molecule has 0 amide bonds. The summed E-state index contributed by atoms with van der Waals surface area (Å²) >= 11 is 0. The second kappa shape index (κ2) is 4.33. The topological polar surface area (TPSA) is 96.4 Å². The van der Waals surface area contributed by atoms with Gasteiger partial charge in [0.25, 0.3) is 0 Å². The lowest BCUT2D eigenvalue weighted by Crippen LogP contribution is -2.33. The lowest BCUT2D eigenvalue weighted by atomic mass is 10.3.